The van der Waals surface area contributed by atoms with Gasteiger partial charge in [-0.25, -0.2) is 4.98 Å². The fraction of sp³-hybridized carbons (Fsp3) is 0.105. The molecule has 29 heavy (non-hydrogen) atoms. The first-order chi connectivity index (χ1) is 14.1. The van der Waals surface area contributed by atoms with Gasteiger partial charge in [-0.15, -0.1) is 0 Å². The molecule has 0 bridgehead atoms. The van der Waals surface area contributed by atoms with Crippen LogP contribution in [-0.4, -0.2) is 37.2 Å². The highest BCUT2D eigenvalue weighted by Gasteiger charge is 2.20. The molecule has 2 aromatic carbocycles. The van der Waals surface area contributed by atoms with E-state index in [1.165, 1.54) is 0 Å². The fourth-order valence-electron chi connectivity index (χ4n) is 2.63. The first-order valence-electron chi connectivity index (χ1n) is 8.70. The van der Waals surface area contributed by atoms with Crippen molar-refractivity contribution < 1.29 is 4.74 Å². The Bertz CT molecular complexity index is 1100. The van der Waals surface area contributed by atoms with Gasteiger partial charge < -0.3 is 15.8 Å². The third kappa shape index (κ3) is 4.27. The number of aromatic nitrogens is 6. The first kappa shape index (κ1) is 18.7. The van der Waals surface area contributed by atoms with Crippen molar-refractivity contribution in [3.8, 4) is 17.1 Å². The molecule has 0 saturated carbocycles. The number of rotatable bonds is 6. The normalized spacial score (nSPS) is 11.8. The van der Waals surface area contributed by atoms with Crippen molar-refractivity contribution in [2.24, 2.45) is 0 Å². The molecule has 0 aliphatic rings. The van der Waals surface area contributed by atoms with Gasteiger partial charge >= 0.3 is 0 Å². The lowest BCUT2D eigenvalue weighted by Crippen LogP contribution is -2.10. The molecule has 0 radical (unpaired) electrons. The van der Waals surface area contributed by atoms with Crippen molar-refractivity contribution in [2.45, 2.75) is 5.25 Å². The lowest BCUT2D eigenvalue weighted by molar-refractivity contribution is 0.415. The summed E-state index contributed by atoms with van der Waals surface area (Å²) in [5.74, 6) is 2.56. The Morgan fingerprint density at radius 2 is 1.76 bits per heavy atom. The molecular formula is C19H18N8OS. The van der Waals surface area contributed by atoms with Crippen LogP contribution in [0.5, 0.6) is 5.75 Å². The van der Waals surface area contributed by atoms with Crippen molar-refractivity contribution in [1.82, 2.24) is 30.1 Å². The zero-order valence-electron chi connectivity index (χ0n) is 15.4. The molecule has 146 valence electrons. The summed E-state index contributed by atoms with van der Waals surface area (Å²) in [6.45, 7) is 0. The zero-order chi connectivity index (χ0) is 20.2. The Hall–Kier alpha value is -3.66. The second-order valence-corrected chi connectivity index (χ2v) is 6.56. The average molecular weight is 406 g/mol. The molecule has 2 heterocycles. The molecule has 4 rings (SSSR count). The lowest BCUT2D eigenvalue weighted by Gasteiger charge is -2.10. The lowest BCUT2D eigenvalue weighted by atomic mass is 10.2. The van der Waals surface area contributed by atoms with Crippen LogP contribution in [0.3, 0.4) is 0 Å². The molecule has 0 aliphatic carbocycles. The molecular weight excluding hydrogens is 388 g/mol. The predicted octanol–water partition coefficient (Wildman–Crippen LogP) is 3.01. The van der Waals surface area contributed by atoms with Gasteiger partial charge in [-0.3, -0.25) is 5.10 Å². The highest BCUT2D eigenvalue weighted by Crippen LogP contribution is 2.26. The molecule has 0 amide bonds. The SMILES string of the molecule is COc1ccc(Nc2nc(N)nc(C(S)c3nc(-c4ccccc4)n[nH]3)n2)cc1. The van der Waals surface area contributed by atoms with Crippen LogP contribution in [-0.2, 0) is 0 Å². The number of H-pyrrole nitrogens is 1. The van der Waals surface area contributed by atoms with Crippen LogP contribution in [0.2, 0.25) is 0 Å². The Labute approximate surface area is 172 Å². The van der Waals surface area contributed by atoms with E-state index >= 15 is 0 Å². The number of methoxy groups -OCH3 is 1. The number of thiol groups is 1. The van der Waals surface area contributed by atoms with E-state index in [0.717, 1.165) is 17.0 Å². The van der Waals surface area contributed by atoms with Crippen molar-refractivity contribution in [2.75, 3.05) is 18.2 Å². The molecule has 0 fully saturated rings. The number of nitrogens with two attached hydrogens (primary N) is 1. The third-order valence-electron chi connectivity index (χ3n) is 4.05. The number of ether oxygens (including phenoxy) is 1. The molecule has 0 spiro atoms. The Morgan fingerprint density at radius 3 is 2.48 bits per heavy atom. The van der Waals surface area contributed by atoms with E-state index in [0.29, 0.717) is 23.4 Å². The maximum Gasteiger partial charge on any atom is 0.232 e. The second kappa shape index (κ2) is 8.15. The summed E-state index contributed by atoms with van der Waals surface area (Å²) in [4.78, 5) is 17.2. The highest BCUT2D eigenvalue weighted by atomic mass is 32.1. The smallest absolute Gasteiger partial charge is 0.232 e. The maximum atomic E-state index is 5.87. The van der Waals surface area contributed by atoms with Gasteiger partial charge in [0.05, 0.1) is 7.11 Å². The van der Waals surface area contributed by atoms with E-state index in [-0.39, 0.29) is 5.95 Å². The number of nitrogens with zero attached hydrogens (tertiary/aromatic N) is 5. The molecule has 2 aromatic heterocycles. The largest absolute Gasteiger partial charge is 0.497 e. The summed E-state index contributed by atoms with van der Waals surface area (Å²) in [7, 11) is 1.61. The number of hydrogen-bond acceptors (Lipinski definition) is 9. The van der Waals surface area contributed by atoms with Gasteiger partial charge in [0, 0.05) is 11.3 Å². The molecule has 4 N–H and O–H groups in total. The van der Waals surface area contributed by atoms with E-state index < -0.39 is 5.25 Å². The van der Waals surface area contributed by atoms with E-state index in [9.17, 15) is 0 Å². The number of aromatic amines is 1. The minimum Gasteiger partial charge on any atom is -0.497 e. The summed E-state index contributed by atoms with van der Waals surface area (Å²) < 4.78 is 5.16. The third-order valence-corrected chi connectivity index (χ3v) is 4.53. The van der Waals surface area contributed by atoms with Crippen LogP contribution in [0, 0.1) is 0 Å². The predicted molar refractivity (Wildman–Crippen MR) is 113 cm³/mol. The van der Waals surface area contributed by atoms with Gasteiger partial charge in [-0.1, -0.05) is 30.3 Å². The summed E-state index contributed by atoms with van der Waals surface area (Å²) >= 11 is 4.60. The van der Waals surface area contributed by atoms with Crippen molar-refractivity contribution in [3.05, 3.63) is 66.2 Å². The zero-order valence-corrected chi connectivity index (χ0v) is 16.3. The summed E-state index contributed by atoms with van der Waals surface area (Å²) in [6.07, 6.45) is 0. The number of benzene rings is 2. The molecule has 9 nitrogen and oxygen atoms in total. The molecule has 1 atom stereocenters. The first-order valence-corrected chi connectivity index (χ1v) is 9.22. The Morgan fingerprint density at radius 1 is 1.00 bits per heavy atom. The summed E-state index contributed by atoms with van der Waals surface area (Å²) in [6, 6.07) is 17.0. The van der Waals surface area contributed by atoms with Crippen LogP contribution in [0.1, 0.15) is 16.9 Å². The quantitative estimate of drug-likeness (QED) is 0.360. The number of nitrogens with one attached hydrogen (secondary N) is 2. The minimum atomic E-state index is -0.554. The second-order valence-electron chi connectivity index (χ2n) is 6.04. The van der Waals surface area contributed by atoms with Crippen molar-refractivity contribution in [1.29, 1.82) is 0 Å². The minimum absolute atomic E-state index is 0.0767. The van der Waals surface area contributed by atoms with Crippen LogP contribution < -0.4 is 15.8 Å². The van der Waals surface area contributed by atoms with Crippen LogP contribution in [0.25, 0.3) is 11.4 Å². The maximum absolute atomic E-state index is 5.87. The molecule has 1 unspecified atom stereocenters. The average Bonchev–Trinajstić information content (AvgIpc) is 3.24. The van der Waals surface area contributed by atoms with Crippen LogP contribution >= 0.6 is 12.6 Å². The van der Waals surface area contributed by atoms with Gasteiger partial charge in [-0.05, 0) is 24.3 Å². The number of hydrogen-bond donors (Lipinski definition) is 4. The fourth-order valence-corrected chi connectivity index (χ4v) is 2.86. The molecule has 4 aromatic rings. The van der Waals surface area contributed by atoms with E-state index in [1.54, 1.807) is 7.11 Å². The monoisotopic (exact) mass is 406 g/mol. The summed E-state index contributed by atoms with van der Waals surface area (Å²) in [5.41, 5.74) is 7.55. The van der Waals surface area contributed by atoms with Gasteiger partial charge in [0.15, 0.2) is 11.6 Å². The summed E-state index contributed by atoms with van der Waals surface area (Å²) in [5, 5.41) is 9.68. The van der Waals surface area contributed by atoms with E-state index in [1.807, 2.05) is 54.6 Å². The number of nitrogen functional groups attached to an aromatic ring is 1. The Kier molecular flexibility index (Phi) is 5.25. The van der Waals surface area contributed by atoms with Crippen molar-refractivity contribution in [3.63, 3.8) is 0 Å². The van der Waals surface area contributed by atoms with Gasteiger partial charge in [-0.2, -0.15) is 32.7 Å². The van der Waals surface area contributed by atoms with E-state index in [2.05, 4.69) is 48.1 Å². The molecule has 10 heteroatoms. The Balaban J connectivity index is 1.57. The number of anilines is 3. The van der Waals surface area contributed by atoms with Gasteiger partial charge in [0.1, 0.15) is 16.8 Å². The van der Waals surface area contributed by atoms with Crippen molar-refractivity contribution >= 4 is 30.2 Å². The highest BCUT2D eigenvalue weighted by molar-refractivity contribution is 7.80. The topological polar surface area (TPSA) is 128 Å². The molecule has 0 aliphatic heterocycles. The standard InChI is InChI=1S/C19H18N8OS/c1-28-13-9-7-12(8-10-13)21-19-24-16(23-18(20)25-19)14(29)17-22-15(26-27-17)11-5-3-2-4-6-11/h2-10,14,29H,1H3,(H,22,26,27)(H3,20,21,23,24,25). The molecule has 0 saturated heterocycles. The van der Waals surface area contributed by atoms with Gasteiger partial charge in [0.25, 0.3) is 0 Å². The van der Waals surface area contributed by atoms with Gasteiger partial charge in [0.2, 0.25) is 11.9 Å². The van der Waals surface area contributed by atoms with Crippen LogP contribution in [0.4, 0.5) is 17.6 Å². The van der Waals surface area contributed by atoms with E-state index in [4.69, 9.17) is 10.5 Å². The van der Waals surface area contributed by atoms with Crippen LogP contribution in [0.15, 0.2) is 54.6 Å².